The van der Waals surface area contributed by atoms with E-state index < -0.39 is 16.6 Å². The van der Waals surface area contributed by atoms with E-state index in [0.29, 0.717) is 6.42 Å². The van der Waals surface area contributed by atoms with Crippen LogP contribution in [0.4, 0.5) is 5.69 Å². The van der Waals surface area contributed by atoms with E-state index in [-0.39, 0.29) is 22.2 Å². The Morgan fingerprint density at radius 1 is 1.47 bits per heavy atom. The summed E-state index contributed by atoms with van der Waals surface area (Å²) in [6, 6.07) is 2.37. The molecule has 1 aromatic carbocycles. The van der Waals surface area contributed by atoms with E-state index in [1.54, 1.807) is 6.92 Å². The second kappa shape index (κ2) is 5.84. The molecular formula is C10H9Cl2NO4. The first-order valence-electron chi connectivity index (χ1n) is 4.79. The molecule has 0 N–H and O–H groups in total. The summed E-state index contributed by atoms with van der Waals surface area (Å²) in [6.07, 6.45) is 0.744. The lowest BCUT2D eigenvalue weighted by atomic mass is 10.3. The van der Waals surface area contributed by atoms with Crippen LogP contribution in [0.15, 0.2) is 12.1 Å². The van der Waals surface area contributed by atoms with Crippen molar-refractivity contribution < 1.29 is 14.5 Å². The van der Waals surface area contributed by atoms with E-state index in [4.69, 9.17) is 27.9 Å². The van der Waals surface area contributed by atoms with Crippen LogP contribution in [-0.2, 0) is 4.79 Å². The Balaban J connectivity index is 3.12. The molecule has 0 atom stereocenters. The average molecular weight is 278 g/mol. The summed E-state index contributed by atoms with van der Waals surface area (Å²) in [7, 11) is 0. The second-order valence-corrected chi connectivity index (χ2v) is 4.06. The molecular weight excluding hydrogens is 269 g/mol. The number of esters is 1. The number of nitro groups is 1. The Morgan fingerprint density at radius 2 is 2.12 bits per heavy atom. The lowest BCUT2D eigenvalue weighted by Crippen LogP contribution is -2.09. The average Bonchev–Trinajstić information content (AvgIpc) is 2.21. The minimum atomic E-state index is -0.702. The quantitative estimate of drug-likeness (QED) is 0.365. The molecule has 1 rings (SSSR count). The van der Waals surface area contributed by atoms with Crippen molar-refractivity contribution in [2.75, 3.05) is 0 Å². The fraction of sp³-hybridized carbons (Fsp3) is 0.300. The van der Waals surface area contributed by atoms with Crippen LogP contribution in [0.3, 0.4) is 0 Å². The number of carbonyl (C=O) groups excluding carboxylic acids is 1. The standard InChI is InChI=1S/C10H9Cl2NO4/c1-2-3-9(14)17-10-7(12)4-6(11)5-8(10)13(15)16/h4-5H,2-3H2,1H3. The number of hydrogen-bond acceptors (Lipinski definition) is 4. The summed E-state index contributed by atoms with van der Waals surface area (Å²) in [6.45, 7) is 1.79. The molecule has 0 unspecified atom stereocenters. The highest BCUT2D eigenvalue weighted by Gasteiger charge is 2.22. The third kappa shape index (κ3) is 3.57. The molecule has 0 aromatic heterocycles. The molecule has 5 nitrogen and oxygen atoms in total. The summed E-state index contributed by atoms with van der Waals surface area (Å²) >= 11 is 11.4. The van der Waals surface area contributed by atoms with Crippen LogP contribution in [0.25, 0.3) is 0 Å². The minimum Gasteiger partial charge on any atom is -0.417 e. The monoisotopic (exact) mass is 277 g/mol. The minimum absolute atomic E-state index is 0.0614. The van der Waals surface area contributed by atoms with E-state index in [2.05, 4.69) is 0 Å². The maximum Gasteiger partial charge on any atom is 0.314 e. The molecule has 0 spiro atoms. The zero-order valence-corrected chi connectivity index (χ0v) is 10.4. The van der Waals surface area contributed by atoms with E-state index >= 15 is 0 Å². The molecule has 0 fully saturated rings. The molecule has 92 valence electrons. The number of nitro benzene ring substituents is 1. The fourth-order valence-electron chi connectivity index (χ4n) is 1.15. The smallest absolute Gasteiger partial charge is 0.314 e. The van der Waals surface area contributed by atoms with Gasteiger partial charge in [0.05, 0.1) is 9.95 Å². The van der Waals surface area contributed by atoms with Gasteiger partial charge in [-0.1, -0.05) is 30.1 Å². The van der Waals surface area contributed by atoms with Gasteiger partial charge in [-0.15, -0.1) is 0 Å². The fourth-order valence-corrected chi connectivity index (χ4v) is 1.67. The number of ether oxygens (including phenoxy) is 1. The topological polar surface area (TPSA) is 69.4 Å². The summed E-state index contributed by atoms with van der Waals surface area (Å²) in [5.74, 6) is -0.834. The van der Waals surface area contributed by atoms with Crippen molar-refractivity contribution >= 4 is 34.9 Å². The predicted molar refractivity (Wildman–Crippen MR) is 63.7 cm³/mol. The summed E-state index contributed by atoms with van der Waals surface area (Å²) in [4.78, 5) is 21.3. The molecule has 0 aliphatic carbocycles. The second-order valence-electron chi connectivity index (χ2n) is 3.22. The summed E-state index contributed by atoms with van der Waals surface area (Å²) < 4.78 is 4.86. The van der Waals surface area contributed by atoms with Gasteiger partial charge in [-0.2, -0.15) is 0 Å². The van der Waals surface area contributed by atoms with Crippen LogP contribution >= 0.6 is 23.2 Å². The van der Waals surface area contributed by atoms with Gasteiger partial charge < -0.3 is 4.74 Å². The number of carbonyl (C=O) groups is 1. The van der Waals surface area contributed by atoms with Crippen LogP contribution in [0.1, 0.15) is 19.8 Å². The summed E-state index contributed by atoms with van der Waals surface area (Å²) in [5.41, 5.74) is -0.424. The van der Waals surface area contributed by atoms with Gasteiger partial charge in [-0.25, -0.2) is 0 Å². The SMILES string of the molecule is CCCC(=O)Oc1c(Cl)cc(Cl)cc1[N+](=O)[O-]. The number of nitrogens with zero attached hydrogens (tertiary/aromatic N) is 1. The van der Waals surface area contributed by atoms with E-state index in [1.165, 1.54) is 6.07 Å². The maximum absolute atomic E-state index is 11.3. The highest BCUT2D eigenvalue weighted by atomic mass is 35.5. The van der Waals surface area contributed by atoms with Crippen molar-refractivity contribution in [3.63, 3.8) is 0 Å². The number of halogens is 2. The molecule has 0 bridgehead atoms. The summed E-state index contributed by atoms with van der Waals surface area (Å²) in [5, 5.41) is 10.8. The number of benzene rings is 1. The predicted octanol–water partition coefficient (Wildman–Crippen LogP) is 3.61. The number of rotatable bonds is 4. The van der Waals surface area contributed by atoms with Crippen molar-refractivity contribution in [1.29, 1.82) is 0 Å². The highest BCUT2D eigenvalue weighted by Crippen LogP contribution is 2.37. The third-order valence-corrected chi connectivity index (χ3v) is 2.35. The van der Waals surface area contributed by atoms with Crippen molar-refractivity contribution in [3.05, 3.63) is 32.3 Å². The highest BCUT2D eigenvalue weighted by molar-refractivity contribution is 6.36. The van der Waals surface area contributed by atoms with E-state index in [9.17, 15) is 14.9 Å². The molecule has 0 amide bonds. The first-order valence-corrected chi connectivity index (χ1v) is 5.55. The van der Waals surface area contributed by atoms with Gasteiger partial charge >= 0.3 is 11.7 Å². The normalized spacial score (nSPS) is 10.1. The van der Waals surface area contributed by atoms with Gasteiger partial charge in [0.25, 0.3) is 0 Å². The van der Waals surface area contributed by atoms with Crippen LogP contribution in [0.2, 0.25) is 10.0 Å². The molecule has 1 aromatic rings. The Morgan fingerprint density at radius 3 is 2.65 bits per heavy atom. The molecule has 0 aliphatic heterocycles. The van der Waals surface area contributed by atoms with E-state index in [1.807, 2.05) is 0 Å². The molecule has 0 saturated heterocycles. The molecule has 0 saturated carbocycles. The molecule has 7 heteroatoms. The zero-order chi connectivity index (χ0) is 13.0. The molecule has 17 heavy (non-hydrogen) atoms. The van der Waals surface area contributed by atoms with Gasteiger partial charge in [0.2, 0.25) is 5.75 Å². The van der Waals surface area contributed by atoms with Crippen molar-refractivity contribution in [1.82, 2.24) is 0 Å². The van der Waals surface area contributed by atoms with Gasteiger partial charge in [0, 0.05) is 17.5 Å². The van der Waals surface area contributed by atoms with Crippen LogP contribution < -0.4 is 4.74 Å². The zero-order valence-electron chi connectivity index (χ0n) is 8.91. The van der Waals surface area contributed by atoms with Crippen LogP contribution in [-0.4, -0.2) is 10.9 Å². The first kappa shape index (κ1) is 13.7. The Hall–Kier alpha value is -1.33. The van der Waals surface area contributed by atoms with Crippen LogP contribution in [0, 0.1) is 10.1 Å². The van der Waals surface area contributed by atoms with Gasteiger partial charge in [-0.05, 0) is 12.5 Å². The van der Waals surface area contributed by atoms with Crippen molar-refractivity contribution in [2.45, 2.75) is 19.8 Å². The third-order valence-electron chi connectivity index (χ3n) is 1.86. The first-order chi connectivity index (χ1) is 7.95. The Kier molecular flexibility index (Phi) is 4.72. The lowest BCUT2D eigenvalue weighted by molar-refractivity contribution is -0.385. The van der Waals surface area contributed by atoms with Crippen LogP contribution in [0.5, 0.6) is 5.75 Å². The molecule has 0 radical (unpaired) electrons. The van der Waals surface area contributed by atoms with E-state index in [0.717, 1.165) is 6.07 Å². The Labute approximate surface area is 107 Å². The molecule has 0 heterocycles. The van der Waals surface area contributed by atoms with Crippen molar-refractivity contribution in [3.8, 4) is 5.75 Å². The maximum atomic E-state index is 11.3. The van der Waals surface area contributed by atoms with Gasteiger partial charge in [0.15, 0.2) is 0 Å². The number of hydrogen-bond donors (Lipinski definition) is 0. The Bertz CT molecular complexity index is 462. The molecule has 0 aliphatic rings. The van der Waals surface area contributed by atoms with Gasteiger partial charge in [0.1, 0.15) is 0 Å². The lowest BCUT2D eigenvalue weighted by Gasteiger charge is -2.06. The largest absolute Gasteiger partial charge is 0.417 e. The van der Waals surface area contributed by atoms with Gasteiger partial charge in [-0.3, -0.25) is 14.9 Å². The van der Waals surface area contributed by atoms with Crippen molar-refractivity contribution in [2.24, 2.45) is 0 Å².